The van der Waals surface area contributed by atoms with Crippen molar-refractivity contribution in [3.63, 3.8) is 0 Å². The SMILES string of the molecule is CC1(C)c2cc(N(c3ccc(-c4ccc5ccccc5c4)cc3)c3cccc4oc5ccccc5c34)ccc2-c2ccc3c(sc4ccccc43)c21. The fourth-order valence-corrected chi connectivity index (χ4v) is 10.1. The molecule has 2 aromatic heterocycles. The number of benzene rings is 8. The number of anilines is 3. The molecule has 11 rings (SSSR count). The average molecular weight is 684 g/mol. The predicted octanol–water partition coefficient (Wildman–Crippen LogP) is 14.6. The van der Waals surface area contributed by atoms with Crippen LogP contribution in [0.25, 0.3) is 75.1 Å². The summed E-state index contributed by atoms with van der Waals surface area (Å²) in [5.74, 6) is 0. The molecule has 2 heterocycles. The second-order valence-corrected chi connectivity index (χ2v) is 15.6. The van der Waals surface area contributed by atoms with E-state index in [9.17, 15) is 0 Å². The summed E-state index contributed by atoms with van der Waals surface area (Å²) >= 11 is 1.93. The molecule has 0 atom stereocenters. The smallest absolute Gasteiger partial charge is 0.137 e. The zero-order valence-electron chi connectivity index (χ0n) is 28.9. The summed E-state index contributed by atoms with van der Waals surface area (Å²) in [6.45, 7) is 4.80. The van der Waals surface area contributed by atoms with Crippen LogP contribution in [0.2, 0.25) is 0 Å². The Morgan fingerprint density at radius 2 is 1.23 bits per heavy atom. The largest absolute Gasteiger partial charge is 0.456 e. The molecule has 0 fully saturated rings. The highest BCUT2D eigenvalue weighted by atomic mass is 32.1. The molecule has 0 aliphatic heterocycles. The number of rotatable bonds is 4. The van der Waals surface area contributed by atoms with Crippen molar-refractivity contribution in [1.29, 1.82) is 0 Å². The molecule has 0 spiro atoms. The minimum Gasteiger partial charge on any atom is -0.456 e. The van der Waals surface area contributed by atoms with Gasteiger partial charge in [0.2, 0.25) is 0 Å². The Bertz CT molecular complexity index is 3050. The van der Waals surface area contributed by atoms with Crippen LogP contribution in [-0.4, -0.2) is 0 Å². The van der Waals surface area contributed by atoms with Crippen LogP contribution in [0.3, 0.4) is 0 Å². The maximum Gasteiger partial charge on any atom is 0.137 e. The second kappa shape index (κ2) is 10.9. The molecule has 0 unspecified atom stereocenters. The summed E-state index contributed by atoms with van der Waals surface area (Å²) < 4.78 is 9.16. The summed E-state index contributed by atoms with van der Waals surface area (Å²) in [4.78, 5) is 2.42. The molecule has 10 aromatic rings. The number of hydrogen-bond acceptors (Lipinski definition) is 3. The first-order valence-electron chi connectivity index (χ1n) is 17.9. The zero-order valence-corrected chi connectivity index (χ0v) is 29.7. The van der Waals surface area contributed by atoms with Gasteiger partial charge in [0.1, 0.15) is 11.2 Å². The van der Waals surface area contributed by atoms with Gasteiger partial charge in [-0.15, -0.1) is 11.3 Å². The molecular weight excluding hydrogens is 651 g/mol. The van der Waals surface area contributed by atoms with E-state index >= 15 is 0 Å². The lowest BCUT2D eigenvalue weighted by atomic mass is 9.81. The van der Waals surface area contributed by atoms with E-state index in [1.54, 1.807) is 0 Å². The van der Waals surface area contributed by atoms with Crippen molar-refractivity contribution in [3.8, 4) is 22.3 Å². The Morgan fingerprint density at radius 3 is 2.12 bits per heavy atom. The first kappa shape index (κ1) is 29.6. The Labute approximate surface area is 305 Å². The van der Waals surface area contributed by atoms with Crippen LogP contribution in [0.1, 0.15) is 25.0 Å². The molecule has 0 bridgehead atoms. The van der Waals surface area contributed by atoms with Crippen molar-refractivity contribution in [2.75, 3.05) is 4.90 Å². The Kier molecular flexibility index (Phi) is 6.21. The fourth-order valence-electron chi connectivity index (χ4n) is 8.73. The van der Waals surface area contributed by atoms with Gasteiger partial charge in [-0.1, -0.05) is 123 Å². The summed E-state index contributed by atoms with van der Waals surface area (Å²) in [7, 11) is 0. The van der Waals surface area contributed by atoms with Gasteiger partial charge >= 0.3 is 0 Å². The highest BCUT2D eigenvalue weighted by Gasteiger charge is 2.38. The number of hydrogen-bond donors (Lipinski definition) is 0. The maximum atomic E-state index is 6.42. The monoisotopic (exact) mass is 683 g/mol. The Morgan fingerprint density at radius 1 is 0.519 bits per heavy atom. The van der Waals surface area contributed by atoms with E-state index < -0.39 is 0 Å². The quantitative estimate of drug-likeness (QED) is 0.184. The lowest BCUT2D eigenvalue weighted by Gasteiger charge is -2.29. The van der Waals surface area contributed by atoms with E-state index in [0.717, 1.165) is 39.0 Å². The molecule has 8 aromatic carbocycles. The molecule has 0 saturated heterocycles. The van der Waals surface area contributed by atoms with Gasteiger partial charge in [0.15, 0.2) is 0 Å². The van der Waals surface area contributed by atoms with E-state index in [1.807, 2.05) is 17.4 Å². The van der Waals surface area contributed by atoms with Crippen molar-refractivity contribution < 1.29 is 4.42 Å². The molecule has 0 radical (unpaired) electrons. The molecular formula is C49H33NOS. The normalized spacial score (nSPS) is 13.3. The van der Waals surface area contributed by atoms with Crippen molar-refractivity contribution >= 4 is 81.3 Å². The Balaban J connectivity index is 1.10. The first-order valence-corrected chi connectivity index (χ1v) is 18.7. The Hall–Kier alpha value is -6.16. The van der Waals surface area contributed by atoms with E-state index in [1.165, 1.54) is 64.3 Å². The van der Waals surface area contributed by atoms with Crippen LogP contribution in [0.5, 0.6) is 0 Å². The molecule has 3 heteroatoms. The molecule has 0 N–H and O–H groups in total. The summed E-state index contributed by atoms with van der Waals surface area (Å²) in [6, 6.07) is 59.7. The molecule has 2 nitrogen and oxygen atoms in total. The lowest BCUT2D eigenvalue weighted by molar-refractivity contribution is 0.667. The number of nitrogens with zero attached hydrogens (tertiary/aromatic N) is 1. The van der Waals surface area contributed by atoms with Gasteiger partial charge in [0, 0.05) is 42.3 Å². The van der Waals surface area contributed by atoms with Gasteiger partial charge in [0.05, 0.1) is 11.1 Å². The summed E-state index contributed by atoms with van der Waals surface area (Å²) in [5.41, 5.74) is 12.8. The van der Waals surface area contributed by atoms with Crippen molar-refractivity contribution in [1.82, 2.24) is 0 Å². The molecule has 52 heavy (non-hydrogen) atoms. The van der Waals surface area contributed by atoms with Gasteiger partial charge < -0.3 is 9.32 Å². The highest BCUT2D eigenvalue weighted by Crippen LogP contribution is 2.55. The van der Waals surface area contributed by atoms with Crippen LogP contribution in [-0.2, 0) is 5.41 Å². The number of para-hydroxylation sites is 1. The topological polar surface area (TPSA) is 16.4 Å². The third-order valence-electron chi connectivity index (χ3n) is 11.2. The summed E-state index contributed by atoms with van der Waals surface area (Å²) in [6.07, 6.45) is 0. The third kappa shape index (κ3) is 4.23. The highest BCUT2D eigenvalue weighted by molar-refractivity contribution is 7.26. The molecule has 246 valence electrons. The average Bonchev–Trinajstić information content (AvgIpc) is 3.83. The van der Waals surface area contributed by atoms with Crippen LogP contribution in [0.4, 0.5) is 17.1 Å². The van der Waals surface area contributed by atoms with Crippen molar-refractivity contribution in [2.45, 2.75) is 19.3 Å². The van der Waals surface area contributed by atoms with Gasteiger partial charge in [-0.3, -0.25) is 0 Å². The standard InChI is InChI=1S/C49H33NOS/c1-49(2)41-29-35(24-25-36(41)38-26-27-39-37-12-6-8-17-45(37)52-48(39)47(38)49)50(42-14-9-16-44-46(42)40-13-5-7-15-43(40)51-44)34-22-20-31(21-23-34)33-19-18-30-10-3-4-11-32(30)28-33/h3-29H,1-2H3. The third-order valence-corrected chi connectivity index (χ3v) is 12.4. The predicted molar refractivity (Wildman–Crippen MR) is 222 cm³/mol. The molecule has 0 saturated carbocycles. The van der Waals surface area contributed by atoms with Gasteiger partial charge in [-0.25, -0.2) is 0 Å². The number of fused-ring (bicyclic) bond motifs is 11. The summed E-state index contributed by atoms with van der Waals surface area (Å²) in [5, 5.41) is 7.44. The van der Waals surface area contributed by atoms with E-state index in [0.29, 0.717) is 0 Å². The zero-order chi connectivity index (χ0) is 34.6. The first-order chi connectivity index (χ1) is 25.5. The van der Waals surface area contributed by atoms with Crippen LogP contribution in [0.15, 0.2) is 168 Å². The van der Waals surface area contributed by atoms with Gasteiger partial charge in [-0.05, 0) is 98.8 Å². The maximum absolute atomic E-state index is 6.42. The van der Waals surface area contributed by atoms with E-state index in [-0.39, 0.29) is 5.41 Å². The van der Waals surface area contributed by atoms with E-state index in [4.69, 9.17) is 4.42 Å². The van der Waals surface area contributed by atoms with Gasteiger partial charge in [-0.2, -0.15) is 0 Å². The molecule has 1 aliphatic carbocycles. The van der Waals surface area contributed by atoms with E-state index in [2.05, 4.69) is 176 Å². The van der Waals surface area contributed by atoms with Gasteiger partial charge in [0.25, 0.3) is 0 Å². The fraction of sp³-hybridized carbons (Fsp3) is 0.0612. The number of furan rings is 1. The second-order valence-electron chi connectivity index (χ2n) is 14.5. The lowest BCUT2D eigenvalue weighted by Crippen LogP contribution is -2.17. The number of thiophene rings is 1. The van der Waals surface area contributed by atoms with Crippen molar-refractivity contribution in [2.24, 2.45) is 0 Å². The van der Waals surface area contributed by atoms with Crippen molar-refractivity contribution in [3.05, 3.63) is 175 Å². The van der Waals surface area contributed by atoms with Crippen LogP contribution in [0, 0.1) is 0 Å². The van der Waals surface area contributed by atoms with Crippen LogP contribution < -0.4 is 4.90 Å². The minimum absolute atomic E-state index is 0.180. The molecule has 0 amide bonds. The minimum atomic E-state index is -0.180. The van der Waals surface area contributed by atoms with Crippen LogP contribution >= 0.6 is 11.3 Å². The molecule has 1 aliphatic rings.